The molecule has 3 rings (SSSR count). The van der Waals surface area contributed by atoms with Gasteiger partial charge in [-0.3, -0.25) is 9.59 Å². The first-order valence-electron chi connectivity index (χ1n) is 11.7. The summed E-state index contributed by atoms with van der Waals surface area (Å²) in [6, 6.07) is 25.0. The lowest BCUT2D eigenvalue weighted by atomic mass is 9.99. The third-order valence-corrected chi connectivity index (χ3v) is 5.54. The highest BCUT2D eigenvalue weighted by atomic mass is 19.1. The van der Waals surface area contributed by atoms with E-state index in [-0.39, 0.29) is 24.8 Å². The zero-order chi connectivity index (χ0) is 24.6. The minimum absolute atomic E-state index is 0.0232. The molecule has 34 heavy (non-hydrogen) atoms. The molecule has 0 aliphatic carbocycles. The molecule has 1 unspecified atom stereocenters. The summed E-state index contributed by atoms with van der Waals surface area (Å²) < 4.78 is 14.6. The molecular weight excluding hydrogens is 427 g/mol. The Kier molecular flexibility index (Phi) is 8.58. The van der Waals surface area contributed by atoms with Gasteiger partial charge in [0, 0.05) is 30.5 Å². The van der Waals surface area contributed by atoms with Crippen LogP contribution in [-0.4, -0.2) is 28.3 Å². The monoisotopic (exact) mass is 460 g/mol. The molecule has 0 saturated carbocycles. The second-order valence-electron chi connectivity index (χ2n) is 9.54. The summed E-state index contributed by atoms with van der Waals surface area (Å²) in [7, 11) is 0. The van der Waals surface area contributed by atoms with Crippen LogP contribution in [0.3, 0.4) is 0 Å². The summed E-state index contributed by atoms with van der Waals surface area (Å²) >= 11 is 0. The molecular formula is C29H33FN2O2. The molecule has 0 aliphatic heterocycles. The van der Waals surface area contributed by atoms with Crippen molar-refractivity contribution in [1.82, 2.24) is 10.2 Å². The maximum Gasteiger partial charge on any atom is 0.243 e. The normalized spacial score (nSPS) is 12.1. The van der Waals surface area contributed by atoms with Crippen LogP contribution in [0.4, 0.5) is 4.39 Å². The molecule has 3 aromatic carbocycles. The number of amides is 2. The highest BCUT2D eigenvalue weighted by Crippen LogP contribution is 2.19. The smallest absolute Gasteiger partial charge is 0.243 e. The van der Waals surface area contributed by atoms with Crippen molar-refractivity contribution in [2.75, 3.05) is 0 Å². The minimum atomic E-state index is -0.774. The van der Waals surface area contributed by atoms with Gasteiger partial charge in [0.05, 0.1) is 0 Å². The van der Waals surface area contributed by atoms with Gasteiger partial charge >= 0.3 is 0 Å². The first kappa shape index (κ1) is 25.2. The van der Waals surface area contributed by atoms with E-state index in [2.05, 4.69) is 5.32 Å². The molecule has 2 amide bonds. The molecule has 4 nitrogen and oxygen atoms in total. The Balaban J connectivity index is 1.94. The van der Waals surface area contributed by atoms with E-state index in [0.717, 1.165) is 11.1 Å². The number of nitrogens with zero attached hydrogens (tertiary/aromatic N) is 1. The molecule has 5 heteroatoms. The quantitative estimate of drug-likeness (QED) is 0.470. The summed E-state index contributed by atoms with van der Waals surface area (Å²) in [5, 5.41) is 3.02. The van der Waals surface area contributed by atoms with Gasteiger partial charge in [-0.05, 0) is 44.4 Å². The number of carbonyl (C=O) groups is 2. The Hall–Kier alpha value is -3.47. The van der Waals surface area contributed by atoms with E-state index >= 15 is 0 Å². The van der Waals surface area contributed by atoms with Crippen LogP contribution in [0, 0.1) is 5.82 Å². The second kappa shape index (κ2) is 11.6. The molecule has 0 saturated heterocycles. The van der Waals surface area contributed by atoms with E-state index in [0.29, 0.717) is 18.4 Å². The van der Waals surface area contributed by atoms with Crippen LogP contribution in [0.25, 0.3) is 0 Å². The van der Waals surface area contributed by atoms with E-state index in [4.69, 9.17) is 0 Å². The summed E-state index contributed by atoms with van der Waals surface area (Å²) in [5.41, 5.74) is 1.89. The zero-order valence-electron chi connectivity index (χ0n) is 20.1. The Bertz CT molecular complexity index is 1080. The van der Waals surface area contributed by atoms with E-state index in [1.807, 2.05) is 81.4 Å². The van der Waals surface area contributed by atoms with Crippen molar-refractivity contribution in [3.05, 3.63) is 107 Å². The Morgan fingerprint density at radius 3 is 2.00 bits per heavy atom. The van der Waals surface area contributed by atoms with Gasteiger partial charge in [0.25, 0.3) is 0 Å². The fourth-order valence-electron chi connectivity index (χ4n) is 3.86. The number of aryl methyl sites for hydroxylation is 1. The number of hydrogen-bond donors (Lipinski definition) is 1. The first-order valence-corrected chi connectivity index (χ1v) is 11.7. The fraction of sp³-hybridized carbons (Fsp3) is 0.310. The van der Waals surface area contributed by atoms with E-state index in [1.165, 1.54) is 11.0 Å². The molecule has 0 radical (unpaired) electrons. The van der Waals surface area contributed by atoms with Gasteiger partial charge in [-0.15, -0.1) is 0 Å². The Labute approximate surface area is 201 Å². The summed E-state index contributed by atoms with van der Waals surface area (Å²) in [5.74, 6) is -0.823. The summed E-state index contributed by atoms with van der Waals surface area (Å²) in [6.07, 6.45) is 1.12. The highest BCUT2D eigenvalue weighted by Gasteiger charge is 2.32. The van der Waals surface area contributed by atoms with Crippen molar-refractivity contribution in [3.63, 3.8) is 0 Å². The van der Waals surface area contributed by atoms with Crippen LogP contribution >= 0.6 is 0 Å². The molecule has 1 atom stereocenters. The van der Waals surface area contributed by atoms with E-state index in [9.17, 15) is 14.0 Å². The van der Waals surface area contributed by atoms with Crippen molar-refractivity contribution < 1.29 is 14.0 Å². The SMILES string of the molecule is CC(C)(C)NC(=O)C(Cc1ccccc1)N(Cc1ccccc1F)C(=O)CCc1ccccc1. The third-order valence-electron chi connectivity index (χ3n) is 5.54. The van der Waals surface area contributed by atoms with Gasteiger partial charge in [-0.25, -0.2) is 4.39 Å². The minimum Gasteiger partial charge on any atom is -0.350 e. The third kappa shape index (κ3) is 7.55. The van der Waals surface area contributed by atoms with E-state index in [1.54, 1.807) is 18.2 Å². The van der Waals surface area contributed by atoms with Crippen LogP contribution < -0.4 is 5.32 Å². The molecule has 0 fully saturated rings. The molecule has 178 valence electrons. The second-order valence-corrected chi connectivity index (χ2v) is 9.54. The van der Waals surface area contributed by atoms with Gasteiger partial charge in [0.2, 0.25) is 11.8 Å². The average molecular weight is 461 g/mol. The van der Waals surface area contributed by atoms with Crippen molar-refractivity contribution in [2.24, 2.45) is 0 Å². The lowest BCUT2D eigenvalue weighted by Crippen LogP contribution is -2.54. The van der Waals surface area contributed by atoms with Crippen LogP contribution in [0.2, 0.25) is 0 Å². The van der Waals surface area contributed by atoms with Crippen molar-refractivity contribution >= 4 is 11.8 Å². The number of nitrogens with one attached hydrogen (secondary N) is 1. The summed E-state index contributed by atoms with van der Waals surface area (Å²) in [6.45, 7) is 5.74. The van der Waals surface area contributed by atoms with Gasteiger partial charge in [-0.2, -0.15) is 0 Å². The zero-order valence-corrected chi connectivity index (χ0v) is 20.1. The van der Waals surface area contributed by atoms with Crippen LogP contribution in [-0.2, 0) is 29.0 Å². The van der Waals surface area contributed by atoms with Crippen molar-refractivity contribution in [2.45, 2.75) is 58.2 Å². The van der Waals surface area contributed by atoms with Crippen molar-refractivity contribution in [1.29, 1.82) is 0 Å². The predicted octanol–water partition coefficient (Wildman–Crippen LogP) is 5.31. The van der Waals surface area contributed by atoms with Gasteiger partial charge in [0.15, 0.2) is 0 Å². The van der Waals surface area contributed by atoms with Crippen LogP contribution in [0.15, 0.2) is 84.9 Å². The van der Waals surface area contributed by atoms with Gasteiger partial charge in [0.1, 0.15) is 11.9 Å². The largest absolute Gasteiger partial charge is 0.350 e. The lowest BCUT2D eigenvalue weighted by molar-refractivity contribution is -0.142. The summed E-state index contributed by atoms with van der Waals surface area (Å²) in [4.78, 5) is 28.6. The van der Waals surface area contributed by atoms with Gasteiger partial charge < -0.3 is 10.2 Å². The highest BCUT2D eigenvalue weighted by molar-refractivity contribution is 5.88. The molecule has 0 aliphatic rings. The fourth-order valence-corrected chi connectivity index (χ4v) is 3.86. The number of benzene rings is 3. The Morgan fingerprint density at radius 2 is 1.41 bits per heavy atom. The van der Waals surface area contributed by atoms with Gasteiger partial charge in [-0.1, -0.05) is 78.9 Å². The average Bonchev–Trinajstić information content (AvgIpc) is 2.81. The lowest BCUT2D eigenvalue weighted by Gasteiger charge is -2.34. The molecule has 0 bridgehead atoms. The standard InChI is InChI=1S/C29H33FN2O2/c1-29(2,3)31-28(34)26(20-23-14-8-5-9-15-23)32(21-24-16-10-11-17-25(24)30)27(33)19-18-22-12-6-4-7-13-22/h4-17,26H,18-21H2,1-3H3,(H,31,34). The topological polar surface area (TPSA) is 49.4 Å². The van der Waals surface area contributed by atoms with Crippen LogP contribution in [0.5, 0.6) is 0 Å². The molecule has 0 heterocycles. The first-order chi connectivity index (χ1) is 16.2. The number of halogens is 1. The Morgan fingerprint density at radius 1 is 0.853 bits per heavy atom. The maximum atomic E-state index is 14.6. The van der Waals surface area contributed by atoms with E-state index < -0.39 is 17.4 Å². The predicted molar refractivity (Wildman–Crippen MR) is 134 cm³/mol. The number of rotatable bonds is 9. The number of hydrogen-bond acceptors (Lipinski definition) is 2. The molecule has 1 N–H and O–H groups in total. The number of carbonyl (C=O) groups excluding carboxylic acids is 2. The maximum absolute atomic E-state index is 14.6. The molecule has 0 spiro atoms. The molecule has 3 aromatic rings. The van der Waals surface area contributed by atoms with Crippen molar-refractivity contribution in [3.8, 4) is 0 Å². The van der Waals surface area contributed by atoms with Crippen LogP contribution in [0.1, 0.15) is 43.9 Å². The molecule has 0 aromatic heterocycles.